The number of hydrogen-bond acceptors (Lipinski definition) is 3. The molecule has 1 atom stereocenters. The molecule has 6 heteroatoms. The number of aliphatic carboxylic acids is 1. The van der Waals surface area contributed by atoms with Crippen LogP contribution in [-0.2, 0) is 4.79 Å². The molecular formula is C14H22N2O3S. The van der Waals surface area contributed by atoms with Crippen molar-refractivity contribution in [2.24, 2.45) is 0 Å². The lowest BCUT2D eigenvalue weighted by molar-refractivity contribution is -0.137. The van der Waals surface area contributed by atoms with Gasteiger partial charge in [0.15, 0.2) is 0 Å². The van der Waals surface area contributed by atoms with E-state index >= 15 is 0 Å². The molecular weight excluding hydrogens is 276 g/mol. The van der Waals surface area contributed by atoms with Crippen LogP contribution in [0.3, 0.4) is 0 Å². The van der Waals surface area contributed by atoms with Crippen LogP contribution in [0.4, 0.5) is 4.79 Å². The van der Waals surface area contributed by atoms with E-state index in [0.717, 1.165) is 25.0 Å². The van der Waals surface area contributed by atoms with Gasteiger partial charge in [0.25, 0.3) is 0 Å². The maximum atomic E-state index is 12.1. The summed E-state index contributed by atoms with van der Waals surface area (Å²) in [6.07, 6.45) is 8.75. The highest BCUT2D eigenvalue weighted by Crippen LogP contribution is 2.20. The summed E-state index contributed by atoms with van der Waals surface area (Å²) in [6.45, 7) is 1.31. The van der Waals surface area contributed by atoms with Gasteiger partial charge in [0.1, 0.15) is 0 Å². The molecule has 1 aliphatic heterocycles. The zero-order chi connectivity index (χ0) is 14.8. The van der Waals surface area contributed by atoms with Crippen molar-refractivity contribution in [1.29, 1.82) is 0 Å². The second kappa shape index (κ2) is 9.54. The molecule has 0 aromatic carbocycles. The van der Waals surface area contributed by atoms with Gasteiger partial charge in [-0.3, -0.25) is 4.79 Å². The van der Waals surface area contributed by atoms with Gasteiger partial charge in [0.05, 0.1) is 5.75 Å². The van der Waals surface area contributed by atoms with Crippen LogP contribution in [-0.4, -0.2) is 52.6 Å². The summed E-state index contributed by atoms with van der Waals surface area (Å²) >= 11 is 1.61. The van der Waals surface area contributed by atoms with Crippen molar-refractivity contribution in [3.05, 3.63) is 0 Å². The topological polar surface area (TPSA) is 69.6 Å². The fourth-order valence-electron chi connectivity index (χ4n) is 2.32. The van der Waals surface area contributed by atoms with Crippen molar-refractivity contribution in [3.8, 4) is 12.3 Å². The van der Waals surface area contributed by atoms with E-state index in [1.165, 1.54) is 0 Å². The molecule has 1 fully saturated rings. The van der Waals surface area contributed by atoms with Gasteiger partial charge in [-0.05, 0) is 25.7 Å². The number of carbonyl (C=O) groups excluding carboxylic acids is 1. The third kappa shape index (κ3) is 6.20. The van der Waals surface area contributed by atoms with E-state index in [-0.39, 0.29) is 18.5 Å². The maximum absolute atomic E-state index is 12.1. The molecule has 1 rings (SSSR count). The highest BCUT2D eigenvalue weighted by atomic mass is 32.2. The summed E-state index contributed by atoms with van der Waals surface area (Å²) in [7, 11) is 0. The number of urea groups is 1. The molecule has 0 bridgehead atoms. The number of hydrogen-bond donors (Lipinski definition) is 2. The molecule has 20 heavy (non-hydrogen) atoms. The van der Waals surface area contributed by atoms with E-state index in [4.69, 9.17) is 11.5 Å². The number of amides is 2. The lowest BCUT2D eigenvalue weighted by Crippen LogP contribution is -2.49. The molecule has 1 saturated heterocycles. The summed E-state index contributed by atoms with van der Waals surface area (Å²) in [5, 5.41) is 11.6. The molecule has 0 saturated carbocycles. The van der Waals surface area contributed by atoms with Crippen molar-refractivity contribution in [1.82, 2.24) is 10.2 Å². The average Bonchev–Trinajstić information content (AvgIpc) is 2.45. The summed E-state index contributed by atoms with van der Waals surface area (Å²) < 4.78 is 0. The van der Waals surface area contributed by atoms with Gasteiger partial charge in [0.2, 0.25) is 0 Å². The first kappa shape index (κ1) is 16.7. The number of likely N-dealkylation sites (tertiary alicyclic amines) is 1. The maximum Gasteiger partial charge on any atom is 0.317 e. The van der Waals surface area contributed by atoms with Crippen LogP contribution in [0.5, 0.6) is 0 Å². The quantitative estimate of drug-likeness (QED) is 0.555. The number of rotatable bonds is 7. The molecule has 1 heterocycles. The van der Waals surface area contributed by atoms with Gasteiger partial charge >= 0.3 is 12.0 Å². The molecule has 0 aliphatic carbocycles. The lowest BCUT2D eigenvalue weighted by atomic mass is 9.98. The third-order valence-electron chi connectivity index (χ3n) is 3.29. The van der Waals surface area contributed by atoms with Crippen LogP contribution in [0.2, 0.25) is 0 Å². The minimum Gasteiger partial charge on any atom is -0.481 e. The zero-order valence-electron chi connectivity index (χ0n) is 11.6. The van der Waals surface area contributed by atoms with E-state index in [1.54, 1.807) is 16.7 Å². The second-order valence-corrected chi connectivity index (χ2v) is 5.87. The monoisotopic (exact) mass is 298 g/mol. The fraction of sp³-hybridized carbons (Fsp3) is 0.714. The van der Waals surface area contributed by atoms with Crippen molar-refractivity contribution < 1.29 is 14.7 Å². The van der Waals surface area contributed by atoms with Gasteiger partial charge in [0, 0.05) is 31.3 Å². The van der Waals surface area contributed by atoms with Gasteiger partial charge in [-0.15, -0.1) is 18.2 Å². The molecule has 5 nitrogen and oxygen atoms in total. The number of carboxylic acids is 1. The summed E-state index contributed by atoms with van der Waals surface area (Å²) in [5.74, 6) is 3.18. The predicted octanol–water partition coefficient (Wildman–Crippen LogP) is 1.78. The SMILES string of the molecule is C#CCSCCNC(=O)N1CCCCC1CCC(=O)O. The Morgan fingerprint density at radius 1 is 1.45 bits per heavy atom. The number of nitrogens with one attached hydrogen (secondary N) is 1. The van der Waals surface area contributed by atoms with Crippen LogP contribution in [0.15, 0.2) is 0 Å². The Hall–Kier alpha value is -1.35. The molecule has 2 N–H and O–H groups in total. The van der Waals surface area contributed by atoms with Crippen LogP contribution >= 0.6 is 11.8 Å². The van der Waals surface area contributed by atoms with E-state index in [0.29, 0.717) is 25.3 Å². The highest BCUT2D eigenvalue weighted by Gasteiger charge is 2.26. The Morgan fingerprint density at radius 2 is 2.25 bits per heavy atom. The molecule has 1 aliphatic rings. The minimum atomic E-state index is -0.804. The van der Waals surface area contributed by atoms with Crippen LogP contribution in [0.1, 0.15) is 32.1 Å². The van der Waals surface area contributed by atoms with Crippen LogP contribution < -0.4 is 5.32 Å². The first-order chi connectivity index (χ1) is 9.65. The Labute approximate surface area is 124 Å². The van der Waals surface area contributed by atoms with E-state index in [9.17, 15) is 9.59 Å². The van der Waals surface area contributed by atoms with Gasteiger partial charge in [-0.25, -0.2) is 4.79 Å². The van der Waals surface area contributed by atoms with Gasteiger partial charge < -0.3 is 15.3 Å². The van der Waals surface area contributed by atoms with E-state index in [2.05, 4.69) is 11.2 Å². The Kier molecular flexibility index (Phi) is 7.97. The molecule has 0 radical (unpaired) electrons. The third-order valence-corrected chi connectivity index (χ3v) is 4.15. The molecule has 1 unspecified atom stereocenters. The standard InChI is InChI=1S/C14H22N2O3S/c1-2-10-20-11-8-15-14(19)16-9-4-3-5-12(16)6-7-13(17)18/h1,12H,3-11H2,(H,15,19)(H,17,18). The minimum absolute atomic E-state index is 0.0539. The first-order valence-electron chi connectivity index (χ1n) is 6.92. The Balaban J connectivity index is 2.34. The summed E-state index contributed by atoms with van der Waals surface area (Å²) in [6, 6.07) is -0.0281. The number of thioether (sulfide) groups is 1. The zero-order valence-corrected chi connectivity index (χ0v) is 12.5. The predicted molar refractivity (Wildman–Crippen MR) is 80.8 cm³/mol. The average molecular weight is 298 g/mol. The van der Waals surface area contributed by atoms with Crippen molar-refractivity contribution in [2.45, 2.75) is 38.1 Å². The number of piperidine rings is 1. The Morgan fingerprint density at radius 3 is 2.95 bits per heavy atom. The Bertz CT molecular complexity index is 368. The molecule has 112 valence electrons. The van der Waals surface area contributed by atoms with E-state index < -0.39 is 5.97 Å². The van der Waals surface area contributed by atoms with Crippen LogP contribution in [0, 0.1) is 12.3 Å². The fourth-order valence-corrected chi connectivity index (χ4v) is 2.83. The van der Waals surface area contributed by atoms with Gasteiger partial charge in [-0.1, -0.05) is 5.92 Å². The van der Waals surface area contributed by atoms with Crippen LogP contribution in [0.25, 0.3) is 0 Å². The van der Waals surface area contributed by atoms with Crippen molar-refractivity contribution >= 4 is 23.8 Å². The largest absolute Gasteiger partial charge is 0.481 e. The smallest absolute Gasteiger partial charge is 0.317 e. The highest BCUT2D eigenvalue weighted by molar-refractivity contribution is 7.99. The normalized spacial score (nSPS) is 18.4. The first-order valence-corrected chi connectivity index (χ1v) is 8.08. The molecule has 0 aromatic rings. The number of terminal acetylenes is 1. The molecule has 2 amide bonds. The second-order valence-electron chi connectivity index (χ2n) is 4.76. The number of carbonyl (C=O) groups is 2. The van der Waals surface area contributed by atoms with Crippen molar-refractivity contribution in [2.75, 3.05) is 24.6 Å². The number of nitrogens with zero attached hydrogens (tertiary/aromatic N) is 1. The molecule has 0 aromatic heterocycles. The lowest BCUT2D eigenvalue weighted by Gasteiger charge is -2.35. The molecule has 0 spiro atoms. The van der Waals surface area contributed by atoms with Crippen molar-refractivity contribution in [3.63, 3.8) is 0 Å². The van der Waals surface area contributed by atoms with E-state index in [1.807, 2.05) is 0 Å². The summed E-state index contributed by atoms with van der Waals surface area (Å²) in [5.41, 5.74) is 0. The summed E-state index contributed by atoms with van der Waals surface area (Å²) in [4.78, 5) is 24.5. The number of carboxylic acid groups (broad SMARTS) is 1. The van der Waals surface area contributed by atoms with Gasteiger partial charge in [-0.2, -0.15) is 0 Å².